The lowest BCUT2D eigenvalue weighted by atomic mass is 9.99. The summed E-state index contributed by atoms with van der Waals surface area (Å²) < 4.78 is 4.86. The van der Waals surface area contributed by atoms with Gasteiger partial charge in [-0.05, 0) is 66.4 Å². The van der Waals surface area contributed by atoms with Crippen molar-refractivity contribution >= 4 is 38.8 Å². The van der Waals surface area contributed by atoms with Crippen LogP contribution in [-0.2, 0) is 6.42 Å². The number of fused-ring (bicyclic) bond motifs is 6. The van der Waals surface area contributed by atoms with Crippen LogP contribution in [0.15, 0.2) is 127 Å². The molecule has 0 bridgehead atoms. The second-order valence-electron chi connectivity index (χ2n) is 10.1. The fourth-order valence-corrected chi connectivity index (χ4v) is 6.28. The van der Waals surface area contributed by atoms with Gasteiger partial charge in [0.05, 0.1) is 16.6 Å². The maximum Gasteiger partial charge on any atom is 0.0547 e. The zero-order valence-electron chi connectivity index (χ0n) is 21.0. The van der Waals surface area contributed by atoms with E-state index in [1.807, 2.05) is 0 Å². The van der Waals surface area contributed by atoms with E-state index in [2.05, 4.69) is 143 Å². The number of rotatable bonds is 3. The van der Waals surface area contributed by atoms with E-state index in [1.54, 1.807) is 0 Å². The predicted molar refractivity (Wildman–Crippen MR) is 160 cm³/mol. The van der Waals surface area contributed by atoms with E-state index < -0.39 is 0 Å². The first-order valence-electron chi connectivity index (χ1n) is 13.4. The summed E-state index contributed by atoms with van der Waals surface area (Å²) >= 11 is 0. The number of nitrogens with zero attached hydrogens (tertiary/aromatic N) is 2. The number of benzene rings is 5. The molecule has 0 saturated heterocycles. The molecule has 0 spiro atoms. The summed E-state index contributed by atoms with van der Waals surface area (Å²) in [5.74, 6) is 0. The van der Waals surface area contributed by atoms with Crippen LogP contribution in [0.25, 0.3) is 61.3 Å². The van der Waals surface area contributed by atoms with Crippen LogP contribution < -0.4 is 0 Å². The van der Waals surface area contributed by atoms with Gasteiger partial charge in [0, 0.05) is 38.8 Å². The van der Waals surface area contributed by atoms with E-state index in [0.29, 0.717) is 0 Å². The summed E-state index contributed by atoms with van der Waals surface area (Å²) in [5.41, 5.74) is 11.4. The molecule has 0 unspecified atom stereocenters. The monoisotopic (exact) mass is 486 g/mol. The van der Waals surface area contributed by atoms with Gasteiger partial charge in [-0.2, -0.15) is 0 Å². The molecule has 7 aromatic rings. The summed E-state index contributed by atoms with van der Waals surface area (Å²) in [5, 5.41) is 3.89. The number of para-hydroxylation sites is 3. The third-order valence-electron chi connectivity index (χ3n) is 7.98. The van der Waals surface area contributed by atoms with Crippen LogP contribution in [0, 0.1) is 0 Å². The molecule has 0 fully saturated rings. The zero-order valence-corrected chi connectivity index (χ0v) is 21.0. The summed E-state index contributed by atoms with van der Waals surface area (Å²) in [6, 6.07) is 44.1. The molecule has 0 radical (unpaired) electrons. The molecule has 2 heterocycles. The fourth-order valence-electron chi connectivity index (χ4n) is 6.28. The smallest absolute Gasteiger partial charge is 0.0547 e. The van der Waals surface area contributed by atoms with E-state index in [4.69, 9.17) is 0 Å². The molecule has 180 valence electrons. The van der Waals surface area contributed by atoms with E-state index in [0.717, 1.165) is 12.8 Å². The zero-order chi connectivity index (χ0) is 25.1. The molecule has 2 nitrogen and oxygen atoms in total. The Balaban J connectivity index is 1.38. The molecule has 0 atom stereocenters. The maximum atomic E-state index is 2.47. The average Bonchev–Trinajstić information content (AvgIpc) is 3.50. The van der Waals surface area contributed by atoms with Crippen molar-refractivity contribution in [2.75, 3.05) is 0 Å². The quantitative estimate of drug-likeness (QED) is 0.235. The highest BCUT2D eigenvalue weighted by atomic mass is 15.0. The summed E-state index contributed by atoms with van der Waals surface area (Å²) in [6.07, 6.45) is 6.77. The molecule has 2 aromatic heterocycles. The second kappa shape index (κ2) is 8.36. The molecule has 5 aromatic carbocycles. The SMILES string of the molecule is C1=Cc2c(n(-c3ccccc3)c3cc(-c4ccc5c6ccccc6n(-c6ccccc6)c5c4)ccc23)CC1. The molecule has 0 amide bonds. The Morgan fingerprint density at radius 1 is 0.474 bits per heavy atom. The van der Waals surface area contributed by atoms with Crippen molar-refractivity contribution in [3.05, 3.63) is 139 Å². The Morgan fingerprint density at radius 3 is 1.79 bits per heavy atom. The highest BCUT2D eigenvalue weighted by Crippen LogP contribution is 2.38. The number of aromatic nitrogens is 2. The lowest BCUT2D eigenvalue weighted by molar-refractivity contribution is 0.888. The Kier molecular flexibility index (Phi) is 4.68. The lowest BCUT2D eigenvalue weighted by Gasteiger charge is -2.13. The van der Waals surface area contributed by atoms with Crippen molar-refractivity contribution in [3.8, 4) is 22.5 Å². The Morgan fingerprint density at radius 2 is 1.05 bits per heavy atom. The third kappa shape index (κ3) is 3.13. The first-order valence-corrected chi connectivity index (χ1v) is 13.4. The Labute approximate surface area is 221 Å². The van der Waals surface area contributed by atoms with Gasteiger partial charge >= 0.3 is 0 Å². The minimum absolute atomic E-state index is 1.06. The van der Waals surface area contributed by atoms with E-state index in [1.165, 1.54) is 66.5 Å². The van der Waals surface area contributed by atoms with Crippen molar-refractivity contribution in [3.63, 3.8) is 0 Å². The Bertz CT molecular complexity index is 2000. The molecular weight excluding hydrogens is 460 g/mol. The van der Waals surface area contributed by atoms with Crippen LogP contribution in [0.1, 0.15) is 17.7 Å². The minimum Gasteiger partial charge on any atom is -0.313 e. The van der Waals surface area contributed by atoms with Gasteiger partial charge in [-0.25, -0.2) is 0 Å². The van der Waals surface area contributed by atoms with Crippen LogP contribution in [-0.4, -0.2) is 9.13 Å². The molecular formula is C36H26N2. The van der Waals surface area contributed by atoms with Crippen LogP contribution in [0.4, 0.5) is 0 Å². The van der Waals surface area contributed by atoms with Crippen LogP contribution in [0.5, 0.6) is 0 Å². The molecule has 0 N–H and O–H groups in total. The second-order valence-corrected chi connectivity index (χ2v) is 10.1. The molecule has 38 heavy (non-hydrogen) atoms. The van der Waals surface area contributed by atoms with Gasteiger partial charge in [-0.3, -0.25) is 0 Å². The summed E-state index contributed by atoms with van der Waals surface area (Å²) in [6.45, 7) is 0. The molecule has 0 saturated carbocycles. The fraction of sp³-hybridized carbons (Fsp3) is 0.0556. The van der Waals surface area contributed by atoms with Gasteiger partial charge in [0.2, 0.25) is 0 Å². The first-order chi connectivity index (χ1) is 18.9. The topological polar surface area (TPSA) is 9.86 Å². The van der Waals surface area contributed by atoms with Crippen molar-refractivity contribution < 1.29 is 0 Å². The lowest BCUT2D eigenvalue weighted by Crippen LogP contribution is -2.02. The van der Waals surface area contributed by atoms with Crippen LogP contribution in [0.2, 0.25) is 0 Å². The maximum absolute atomic E-state index is 2.47. The normalized spacial score (nSPS) is 12.9. The summed E-state index contributed by atoms with van der Waals surface area (Å²) in [7, 11) is 0. The number of allylic oxidation sites excluding steroid dienone is 1. The van der Waals surface area contributed by atoms with Gasteiger partial charge in [0.25, 0.3) is 0 Å². The van der Waals surface area contributed by atoms with Gasteiger partial charge in [-0.15, -0.1) is 0 Å². The number of hydrogen-bond donors (Lipinski definition) is 0. The van der Waals surface area contributed by atoms with E-state index >= 15 is 0 Å². The predicted octanol–water partition coefficient (Wildman–Crippen LogP) is 9.35. The van der Waals surface area contributed by atoms with Crippen molar-refractivity contribution in [1.29, 1.82) is 0 Å². The van der Waals surface area contributed by atoms with Gasteiger partial charge in [0.15, 0.2) is 0 Å². The first kappa shape index (κ1) is 21.3. The highest BCUT2D eigenvalue weighted by molar-refractivity contribution is 6.10. The third-order valence-corrected chi connectivity index (χ3v) is 7.98. The molecule has 1 aliphatic rings. The van der Waals surface area contributed by atoms with Crippen molar-refractivity contribution in [2.45, 2.75) is 12.8 Å². The average molecular weight is 487 g/mol. The van der Waals surface area contributed by atoms with Crippen molar-refractivity contribution in [2.24, 2.45) is 0 Å². The van der Waals surface area contributed by atoms with Crippen LogP contribution >= 0.6 is 0 Å². The Hall–Kier alpha value is -4.82. The molecule has 2 heteroatoms. The van der Waals surface area contributed by atoms with Gasteiger partial charge in [0.1, 0.15) is 0 Å². The van der Waals surface area contributed by atoms with Crippen LogP contribution in [0.3, 0.4) is 0 Å². The van der Waals surface area contributed by atoms with Gasteiger partial charge in [-0.1, -0.05) is 91.0 Å². The minimum atomic E-state index is 1.06. The van der Waals surface area contributed by atoms with E-state index in [9.17, 15) is 0 Å². The standard InChI is InChI=1S/C36H26N2/c1-3-11-27(12-4-1)37-33-17-9-7-15-29(33)31-21-19-25(23-35(31)37)26-20-22-32-30-16-8-10-18-34(30)38(36(32)24-26)28-13-5-2-6-14-28/h1-9,11-17,19-24H,10,18H2. The largest absolute Gasteiger partial charge is 0.313 e. The van der Waals surface area contributed by atoms with Crippen molar-refractivity contribution in [1.82, 2.24) is 9.13 Å². The molecule has 0 aliphatic heterocycles. The molecule has 1 aliphatic carbocycles. The van der Waals surface area contributed by atoms with E-state index in [-0.39, 0.29) is 0 Å². The highest BCUT2D eigenvalue weighted by Gasteiger charge is 2.19. The summed E-state index contributed by atoms with van der Waals surface area (Å²) in [4.78, 5) is 0. The number of hydrogen-bond acceptors (Lipinski definition) is 0. The van der Waals surface area contributed by atoms with Gasteiger partial charge < -0.3 is 9.13 Å². The molecule has 8 rings (SSSR count).